The molecular formula is C11H18. The smallest absolute Gasteiger partial charge is 0.0123 e. The molecule has 0 aromatic carbocycles. The Hall–Kier alpha value is -0.260. The van der Waals surface area contributed by atoms with Gasteiger partial charge in [0.2, 0.25) is 0 Å². The fraction of sp³-hybridized carbons (Fsp3) is 0.818. The van der Waals surface area contributed by atoms with Gasteiger partial charge in [0.1, 0.15) is 0 Å². The van der Waals surface area contributed by atoms with Gasteiger partial charge in [-0.15, -0.1) is 0 Å². The van der Waals surface area contributed by atoms with Crippen LogP contribution < -0.4 is 0 Å². The van der Waals surface area contributed by atoms with Crippen molar-refractivity contribution in [1.29, 1.82) is 0 Å². The zero-order valence-electron chi connectivity index (χ0n) is 7.85. The molecule has 0 aromatic heterocycles. The summed E-state index contributed by atoms with van der Waals surface area (Å²) >= 11 is 0. The molecule has 3 rings (SSSR count). The Morgan fingerprint density at radius 3 is 2.36 bits per heavy atom. The van der Waals surface area contributed by atoms with Gasteiger partial charge in [0.25, 0.3) is 0 Å². The summed E-state index contributed by atoms with van der Waals surface area (Å²) in [5.41, 5.74) is 2.10. The van der Waals surface area contributed by atoms with Crippen LogP contribution in [-0.2, 0) is 0 Å². The highest BCUT2D eigenvalue weighted by Gasteiger charge is 2.56. The van der Waals surface area contributed by atoms with Crippen molar-refractivity contribution in [2.75, 3.05) is 0 Å². The van der Waals surface area contributed by atoms with Crippen LogP contribution in [0.3, 0.4) is 0 Å². The van der Waals surface area contributed by atoms with E-state index in [0.29, 0.717) is 5.41 Å². The fourth-order valence-corrected chi connectivity index (χ4v) is 3.73. The van der Waals surface area contributed by atoms with Crippen molar-refractivity contribution < 1.29 is 0 Å². The highest BCUT2D eigenvalue weighted by Crippen LogP contribution is 2.64. The van der Waals surface area contributed by atoms with Gasteiger partial charge in [0.15, 0.2) is 0 Å². The van der Waals surface area contributed by atoms with Crippen LogP contribution in [0.4, 0.5) is 0 Å². The molecule has 0 saturated heterocycles. The largest absolute Gasteiger partial charge is 0.0996 e. The first kappa shape index (κ1) is 7.39. The predicted octanol–water partition coefficient (Wildman–Crippen LogP) is 3.24. The molecule has 0 aromatic rings. The first-order valence-corrected chi connectivity index (χ1v) is 4.73. The molecule has 0 aliphatic heterocycles. The maximum absolute atomic E-state index is 4.18. The second-order valence-electron chi connectivity index (χ2n) is 4.96. The van der Waals surface area contributed by atoms with E-state index in [1.165, 1.54) is 18.4 Å². The lowest BCUT2D eigenvalue weighted by atomic mass is 9.42. The number of rotatable bonds is 0. The maximum Gasteiger partial charge on any atom is -0.0123 e. The van der Waals surface area contributed by atoms with Gasteiger partial charge in [-0.3, -0.25) is 0 Å². The number of allylic oxidation sites excluding steroid dienone is 1. The molecule has 0 spiro atoms. The van der Waals surface area contributed by atoms with Gasteiger partial charge in [0.05, 0.1) is 0 Å². The monoisotopic (exact) mass is 150 g/mol. The van der Waals surface area contributed by atoms with E-state index in [1.807, 2.05) is 0 Å². The first-order valence-electron chi connectivity index (χ1n) is 4.73. The summed E-state index contributed by atoms with van der Waals surface area (Å²) in [6, 6.07) is 0. The molecule has 0 N–H and O–H groups in total. The summed E-state index contributed by atoms with van der Waals surface area (Å²) in [6.07, 6.45) is 2.69. The minimum Gasteiger partial charge on any atom is -0.0996 e. The van der Waals surface area contributed by atoms with Crippen molar-refractivity contribution >= 4 is 0 Å². The number of hydrogen-bond donors (Lipinski definition) is 0. The molecule has 3 unspecified atom stereocenters. The molecule has 3 aliphatic carbocycles. The Labute approximate surface area is 69.7 Å². The summed E-state index contributed by atoms with van der Waals surface area (Å²) in [6.45, 7) is 11.4. The van der Waals surface area contributed by atoms with Gasteiger partial charge in [-0.25, -0.2) is 0 Å². The second kappa shape index (κ2) is 1.91. The van der Waals surface area contributed by atoms with E-state index in [-0.39, 0.29) is 0 Å². The Bertz CT molecular complexity index is 200. The minimum absolute atomic E-state index is 0.578. The van der Waals surface area contributed by atoms with Gasteiger partial charge in [-0.2, -0.15) is 0 Å². The molecule has 0 heteroatoms. The predicted molar refractivity (Wildman–Crippen MR) is 48.3 cm³/mol. The van der Waals surface area contributed by atoms with Gasteiger partial charge in [-0.05, 0) is 36.0 Å². The highest BCUT2D eigenvalue weighted by atomic mass is 14.6. The van der Waals surface area contributed by atoms with Gasteiger partial charge < -0.3 is 0 Å². The topological polar surface area (TPSA) is 0 Å². The molecule has 0 nitrogen and oxygen atoms in total. The van der Waals surface area contributed by atoms with Crippen LogP contribution in [-0.4, -0.2) is 0 Å². The van der Waals surface area contributed by atoms with Crippen molar-refractivity contribution in [1.82, 2.24) is 0 Å². The summed E-state index contributed by atoms with van der Waals surface area (Å²) in [5, 5.41) is 0. The molecule has 3 fully saturated rings. The molecule has 3 atom stereocenters. The average Bonchev–Trinajstić information content (AvgIpc) is 1.85. The lowest BCUT2D eigenvalue weighted by Gasteiger charge is -2.62. The third-order valence-electron chi connectivity index (χ3n) is 4.13. The summed E-state index contributed by atoms with van der Waals surface area (Å²) < 4.78 is 0. The molecule has 0 amide bonds. The third-order valence-corrected chi connectivity index (χ3v) is 4.13. The van der Waals surface area contributed by atoms with E-state index in [1.54, 1.807) is 0 Å². The SMILES string of the molecule is C=C1CCC2C(C)C1C2(C)C. The Kier molecular flexibility index (Phi) is 1.28. The van der Waals surface area contributed by atoms with E-state index in [4.69, 9.17) is 0 Å². The standard InChI is InChI=1S/C11H18/c1-7-5-6-9-8(2)10(7)11(9,3)4/h8-10H,1,5-6H2,2-4H3. The van der Waals surface area contributed by atoms with Gasteiger partial charge in [0, 0.05) is 0 Å². The molecule has 2 bridgehead atoms. The first-order chi connectivity index (χ1) is 5.05. The Morgan fingerprint density at radius 1 is 1.45 bits per heavy atom. The molecular weight excluding hydrogens is 132 g/mol. The van der Waals surface area contributed by atoms with E-state index >= 15 is 0 Å². The van der Waals surface area contributed by atoms with Crippen molar-refractivity contribution in [3.8, 4) is 0 Å². The fourth-order valence-electron chi connectivity index (χ4n) is 3.73. The average molecular weight is 150 g/mol. The van der Waals surface area contributed by atoms with Crippen LogP contribution in [0.2, 0.25) is 0 Å². The van der Waals surface area contributed by atoms with E-state index in [0.717, 1.165) is 17.8 Å². The van der Waals surface area contributed by atoms with Crippen LogP contribution in [0, 0.1) is 23.2 Å². The van der Waals surface area contributed by atoms with E-state index < -0.39 is 0 Å². The van der Waals surface area contributed by atoms with Crippen LogP contribution in [0.5, 0.6) is 0 Å². The van der Waals surface area contributed by atoms with Crippen LogP contribution in [0.25, 0.3) is 0 Å². The maximum atomic E-state index is 4.18. The Morgan fingerprint density at radius 2 is 2.09 bits per heavy atom. The minimum atomic E-state index is 0.578. The summed E-state index contributed by atoms with van der Waals surface area (Å²) in [4.78, 5) is 0. The van der Waals surface area contributed by atoms with Crippen molar-refractivity contribution in [2.45, 2.75) is 33.6 Å². The molecule has 11 heavy (non-hydrogen) atoms. The van der Waals surface area contributed by atoms with Crippen molar-refractivity contribution in [3.05, 3.63) is 12.2 Å². The van der Waals surface area contributed by atoms with Crippen molar-refractivity contribution in [2.24, 2.45) is 23.2 Å². The zero-order chi connectivity index (χ0) is 8.22. The molecule has 3 saturated carbocycles. The normalized spacial score (nSPS) is 46.8. The summed E-state index contributed by atoms with van der Waals surface area (Å²) in [5.74, 6) is 2.74. The third kappa shape index (κ3) is 0.706. The molecule has 3 aliphatic rings. The summed E-state index contributed by atoms with van der Waals surface area (Å²) in [7, 11) is 0. The quantitative estimate of drug-likeness (QED) is 0.465. The number of hydrogen-bond acceptors (Lipinski definition) is 0. The number of fused-ring (bicyclic) bond motifs is 2. The lowest BCUT2D eigenvalue weighted by Crippen LogP contribution is -2.55. The van der Waals surface area contributed by atoms with Crippen LogP contribution in [0.15, 0.2) is 12.2 Å². The van der Waals surface area contributed by atoms with Crippen LogP contribution >= 0.6 is 0 Å². The lowest BCUT2D eigenvalue weighted by molar-refractivity contribution is -0.0930. The van der Waals surface area contributed by atoms with Crippen molar-refractivity contribution in [3.63, 3.8) is 0 Å². The molecule has 62 valence electrons. The highest BCUT2D eigenvalue weighted by molar-refractivity contribution is 5.21. The molecule has 0 radical (unpaired) electrons. The Balaban J connectivity index is 2.28. The second-order valence-corrected chi connectivity index (χ2v) is 4.96. The van der Waals surface area contributed by atoms with E-state index in [2.05, 4.69) is 27.4 Å². The van der Waals surface area contributed by atoms with Gasteiger partial charge in [-0.1, -0.05) is 32.9 Å². The zero-order valence-corrected chi connectivity index (χ0v) is 7.85. The van der Waals surface area contributed by atoms with E-state index in [9.17, 15) is 0 Å². The van der Waals surface area contributed by atoms with Gasteiger partial charge >= 0.3 is 0 Å². The molecule has 0 heterocycles. The van der Waals surface area contributed by atoms with Crippen LogP contribution in [0.1, 0.15) is 33.6 Å².